The predicted molar refractivity (Wildman–Crippen MR) is 78.6 cm³/mol. The molecule has 1 N–H and O–H groups in total. The second-order valence-corrected chi connectivity index (χ2v) is 5.69. The minimum Gasteiger partial charge on any atom is -0.392 e. The van der Waals surface area contributed by atoms with Crippen molar-refractivity contribution in [3.05, 3.63) is 48.3 Å². The number of para-hydroxylation sites is 1. The molecular formula is C16H21N3O. The predicted octanol–water partition coefficient (Wildman–Crippen LogP) is 2.07. The Morgan fingerprint density at radius 3 is 2.75 bits per heavy atom. The molecule has 0 saturated heterocycles. The lowest BCUT2D eigenvalue weighted by molar-refractivity contribution is 0.103. The van der Waals surface area contributed by atoms with Crippen LogP contribution in [0, 0.1) is 5.92 Å². The Labute approximate surface area is 119 Å². The number of likely N-dealkylation sites (N-methyl/N-ethyl adjacent to an activating group) is 1. The molecule has 4 nitrogen and oxygen atoms in total. The maximum Gasteiger partial charge on any atom is 0.0769 e. The van der Waals surface area contributed by atoms with Crippen molar-refractivity contribution in [3.8, 4) is 5.69 Å². The molecule has 2 aromatic rings. The number of nitrogens with zero attached hydrogens (tertiary/aromatic N) is 3. The third kappa shape index (κ3) is 3.26. The first-order valence-corrected chi connectivity index (χ1v) is 7.19. The van der Waals surface area contributed by atoms with Crippen molar-refractivity contribution in [2.75, 3.05) is 13.6 Å². The summed E-state index contributed by atoms with van der Waals surface area (Å²) < 4.78 is 1.89. The summed E-state index contributed by atoms with van der Waals surface area (Å²) >= 11 is 0. The fraction of sp³-hybridized carbons (Fsp3) is 0.438. The molecule has 1 aliphatic rings. The zero-order chi connectivity index (χ0) is 13.9. The first-order valence-electron chi connectivity index (χ1n) is 7.19. The fourth-order valence-corrected chi connectivity index (χ4v) is 2.46. The highest BCUT2D eigenvalue weighted by Crippen LogP contribution is 2.32. The first-order chi connectivity index (χ1) is 9.72. The molecule has 0 amide bonds. The molecule has 20 heavy (non-hydrogen) atoms. The largest absolute Gasteiger partial charge is 0.392 e. The lowest BCUT2D eigenvalue weighted by atomic mass is 10.2. The van der Waals surface area contributed by atoms with Gasteiger partial charge in [0.25, 0.3) is 0 Å². The summed E-state index contributed by atoms with van der Waals surface area (Å²) in [7, 11) is 2.03. The molecular weight excluding hydrogens is 250 g/mol. The van der Waals surface area contributed by atoms with Gasteiger partial charge in [0, 0.05) is 19.3 Å². The van der Waals surface area contributed by atoms with Gasteiger partial charge in [-0.15, -0.1) is 0 Å². The molecule has 0 aliphatic heterocycles. The fourth-order valence-electron chi connectivity index (χ4n) is 2.46. The van der Waals surface area contributed by atoms with E-state index in [9.17, 15) is 5.11 Å². The normalized spacial score (nSPS) is 16.6. The van der Waals surface area contributed by atoms with Crippen molar-refractivity contribution in [2.45, 2.75) is 25.5 Å². The standard InChI is InChI=1S/C16H21N3O/c1-18(12-16(20)13-7-8-13)11-14-9-10-19(17-14)15-5-3-2-4-6-15/h2-6,9-10,13,16,20H,7-8,11-12H2,1H3. The number of hydrogen-bond donors (Lipinski definition) is 1. The lowest BCUT2D eigenvalue weighted by Crippen LogP contribution is -2.30. The minimum atomic E-state index is -0.184. The van der Waals surface area contributed by atoms with Crippen molar-refractivity contribution in [1.82, 2.24) is 14.7 Å². The van der Waals surface area contributed by atoms with E-state index in [-0.39, 0.29) is 6.10 Å². The average Bonchev–Trinajstić information content (AvgIpc) is 3.21. The topological polar surface area (TPSA) is 41.3 Å². The van der Waals surface area contributed by atoms with E-state index in [2.05, 4.69) is 10.00 Å². The summed E-state index contributed by atoms with van der Waals surface area (Å²) in [5.74, 6) is 0.527. The van der Waals surface area contributed by atoms with Crippen LogP contribution in [0.4, 0.5) is 0 Å². The van der Waals surface area contributed by atoms with Gasteiger partial charge in [-0.1, -0.05) is 18.2 Å². The van der Waals surface area contributed by atoms with Gasteiger partial charge in [-0.2, -0.15) is 5.10 Å². The lowest BCUT2D eigenvalue weighted by Gasteiger charge is -2.19. The van der Waals surface area contributed by atoms with E-state index in [1.807, 2.05) is 54.3 Å². The molecule has 0 spiro atoms. The second-order valence-electron chi connectivity index (χ2n) is 5.69. The molecule has 4 heteroatoms. The van der Waals surface area contributed by atoms with Crippen molar-refractivity contribution < 1.29 is 5.11 Å². The smallest absolute Gasteiger partial charge is 0.0769 e. The Balaban J connectivity index is 1.59. The van der Waals surface area contributed by atoms with Crippen LogP contribution in [0.15, 0.2) is 42.6 Å². The van der Waals surface area contributed by atoms with Crippen molar-refractivity contribution >= 4 is 0 Å². The highest BCUT2D eigenvalue weighted by Gasteiger charge is 2.30. The number of rotatable bonds is 6. The SMILES string of the molecule is CN(Cc1ccn(-c2ccccc2)n1)CC(O)C1CC1. The molecule has 1 unspecified atom stereocenters. The highest BCUT2D eigenvalue weighted by molar-refractivity contribution is 5.30. The van der Waals surface area contributed by atoms with E-state index in [4.69, 9.17) is 0 Å². The van der Waals surface area contributed by atoms with Crippen LogP contribution in [0.25, 0.3) is 5.69 Å². The third-order valence-corrected chi connectivity index (χ3v) is 3.76. The molecule has 1 aromatic heterocycles. The van der Waals surface area contributed by atoms with Crippen LogP contribution in [0.5, 0.6) is 0 Å². The van der Waals surface area contributed by atoms with E-state index in [1.54, 1.807) is 0 Å². The zero-order valence-corrected chi connectivity index (χ0v) is 11.8. The quantitative estimate of drug-likeness (QED) is 0.874. The number of benzene rings is 1. The number of aliphatic hydroxyl groups excluding tert-OH is 1. The van der Waals surface area contributed by atoms with Gasteiger partial charge >= 0.3 is 0 Å². The third-order valence-electron chi connectivity index (χ3n) is 3.76. The van der Waals surface area contributed by atoms with Gasteiger partial charge in [0.05, 0.1) is 17.5 Å². The monoisotopic (exact) mass is 271 g/mol. The van der Waals surface area contributed by atoms with E-state index < -0.39 is 0 Å². The highest BCUT2D eigenvalue weighted by atomic mass is 16.3. The summed E-state index contributed by atoms with van der Waals surface area (Å²) in [6.45, 7) is 1.49. The molecule has 0 bridgehead atoms. The number of hydrogen-bond acceptors (Lipinski definition) is 3. The molecule has 1 saturated carbocycles. The molecule has 0 radical (unpaired) electrons. The van der Waals surface area contributed by atoms with E-state index in [0.717, 1.165) is 24.5 Å². The Hall–Kier alpha value is -1.65. The minimum absolute atomic E-state index is 0.184. The molecule has 1 fully saturated rings. The van der Waals surface area contributed by atoms with Gasteiger partial charge in [-0.25, -0.2) is 4.68 Å². The molecule has 1 atom stereocenters. The first kappa shape index (κ1) is 13.3. The Kier molecular flexibility index (Phi) is 3.85. The Morgan fingerprint density at radius 1 is 1.30 bits per heavy atom. The van der Waals surface area contributed by atoms with Crippen LogP contribution in [0.1, 0.15) is 18.5 Å². The Bertz CT molecular complexity index is 548. The van der Waals surface area contributed by atoms with Crippen LogP contribution in [0.3, 0.4) is 0 Å². The van der Waals surface area contributed by atoms with Gasteiger partial charge in [-0.3, -0.25) is 4.90 Å². The van der Waals surface area contributed by atoms with Crippen LogP contribution in [-0.4, -0.2) is 39.5 Å². The van der Waals surface area contributed by atoms with Gasteiger partial charge in [0.15, 0.2) is 0 Å². The van der Waals surface area contributed by atoms with Crippen LogP contribution in [0.2, 0.25) is 0 Å². The van der Waals surface area contributed by atoms with E-state index in [1.165, 1.54) is 12.8 Å². The number of aliphatic hydroxyl groups is 1. The van der Waals surface area contributed by atoms with Crippen LogP contribution < -0.4 is 0 Å². The summed E-state index contributed by atoms with van der Waals surface area (Å²) in [6.07, 6.45) is 4.15. The van der Waals surface area contributed by atoms with Crippen molar-refractivity contribution in [2.24, 2.45) is 5.92 Å². The molecule has 1 heterocycles. The Morgan fingerprint density at radius 2 is 2.05 bits per heavy atom. The van der Waals surface area contributed by atoms with Crippen molar-refractivity contribution in [1.29, 1.82) is 0 Å². The molecule has 1 aromatic carbocycles. The molecule has 1 aliphatic carbocycles. The van der Waals surface area contributed by atoms with E-state index >= 15 is 0 Å². The summed E-state index contributed by atoms with van der Waals surface area (Å²) in [4.78, 5) is 2.14. The van der Waals surface area contributed by atoms with Crippen LogP contribution in [-0.2, 0) is 6.54 Å². The number of aromatic nitrogens is 2. The molecule has 106 valence electrons. The summed E-state index contributed by atoms with van der Waals surface area (Å²) in [5.41, 5.74) is 2.10. The summed E-state index contributed by atoms with van der Waals surface area (Å²) in [5, 5.41) is 14.5. The van der Waals surface area contributed by atoms with Gasteiger partial charge in [0.2, 0.25) is 0 Å². The average molecular weight is 271 g/mol. The summed E-state index contributed by atoms with van der Waals surface area (Å²) in [6, 6.07) is 12.1. The second kappa shape index (κ2) is 5.77. The van der Waals surface area contributed by atoms with E-state index in [0.29, 0.717) is 5.92 Å². The van der Waals surface area contributed by atoms with Gasteiger partial charge < -0.3 is 5.11 Å². The maximum atomic E-state index is 9.95. The zero-order valence-electron chi connectivity index (χ0n) is 11.8. The maximum absolute atomic E-state index is 9.95. The molecule has 3 rings (SSSR count). The van der Waals surface area contributed by atoms with Crippen molar-refractivity contribution in [3.63, 3.8) is 0 Å². The van der Waals surface area contributed by atoms with Crippen LogP contribution >= 0.6 is 0 Å². The van der Waals surface area contributed by atoms with Gasteiger partial charge in [0.1, 0.15) is 0 Å². The van der Waals surface area contributed by atoms with Gasteiger partial charge in [-0.05, 0) is 44.0 Å².